The van der Waals surface area contributed by atoms with Crippen LogP contribution in [0.3, 0.4) is 0 Å². The smallest absolute Gasteiger partial charge is 0.251 e. The zero-order valence-corrected chi connectivity index (χ0v) is 13.4. The maximum absolute atomic E-state index is 12.1. The number of carbonyl (C=O) groups excluding carboxylic acids is 1. The Balaban J connectivity index is 1.74. The third kappa shape index (κ3) is 4.74. The van der Waals surface area contributed by atoms with Crippen LogP contribution in [0.15, 0.2) is 24.3 Å². The second-order valence-electron chi connectivity index (χ2n) is 6.22. The summed E-state index contributed by atoms with van der Waals surface area (Å²) in [6, 6.07) is 7.71. The van der Waals surface area contributed by atoms with Gasteiger partial charge in [0.1, 0.15) is 0 Å². The Morgan fingerprint density at radius 2 is 1.86 bits per heavy atom. The standard InChI is InChI=1S/C17H27N3O/c1-14-8-11-20(12-9-14)13-10-18-17(21)15-4-6-16(7-5-15)19(2)3/h4-7,14H,8-13H2,1-3H3,(H,18,21). The van der Waals surface area contributed by atoms with Gasteiger partial charge in [0, 0.05) is 38.4 Å². The van der Waals surface area contributed by atoms with Gasteiger partial charge in [-0.05, 0) is 56.1 Å². The van der Waals surface area contributed by atoms with Crippen LogP contribution in [0.1, 0.15) is 30.1 Å². The van der Waals surface area contributed by atoms with Crippen LogP contribution in [0.2, 0.25) is 0 Å². The zero-order valence-electron chi connectivity index (χ0n) is 13.4. The maximum atomic E-state index is 12.1. The summed E-state index contributed by atoms with van der Waals surface area (Å²) >= 11 is 0. The number of rotatable bonds is 5. The molecule has 0 aromatic heterocycles. The highest BCUT2D eigenvalue weighted by Gasteiger charge is 2.15. The van der Waals surface area contributed by atoms with Crippen molar-refractivity contribution in [2.75, 3.05) is 45.2 Å². The number of carbonyl (C=O) groups is 1. The summed E-state index contributed by atoms with van der Waals surface area (Å²) in [6.07, 6.45) is 2.56. The Hall–Kier alpha value is -1.55. The molecule has 21 heavy (non-hydrogen) atoms. The highest BCUT2D eigenvalue weighted by molar-refractivity contribution is 5.94. The first-order chi connectivity index (χ1) is 10.1. The van der Waals surface area contributed by atoms with Crippen molar-refractivity contribution in [1.29, 1.82) is 0 Å². The molecule has 4 nitrogen and oxygen atoms in total. The molecule has 0 atom stereocenters. The van der Waals surface area contributed by atoms with E-state index in [1.807, 2.05) is 43.3 Å². The van der Waals surface area contributed by atoms with Crippen molar-refractivity contribution in [2.45, 2.75) is 19.8 Å². The molecule has 1 aromatic rings. The molecule has 0 bridgehead atoms. The molecule has 116 valence electrons. The number of piperidine rings is 1. The quantitative estimate of drug-likeness (QED) is 0.903. The molecule has 1 fully saturated rings. The average Bonchev–Trinajstić information content (AvgIpc) is 2.49. The molecular weight excluding hydrogens is 262 g/mol. The summed E-state index contributed by atoms with van der Waals surface area (Å²) in [5, 5.41) is 3.01. The predicted molar refractivity (Wildman–Crippen MR) is 87.9 cm³/mol. The molecule has 1 amide bonds. The fourth-order valence-electron chi connectivity index (χ4n) is 2.63. The van der Waals surface area contributed by atoms with Crippen LogP contribution in [-0.2, 0) is 0 Å². The van der Waals surface area contributed by atoms with Gasteiger partial charge in [0.25, 0.3) is 5.91 Å². The number of benzene rings is 1. The first kappa shape index (κ1) is 15.8. The lowest BCUT2D eigenvalue weighted by Gasteiger charge is -2.30. The highest BCUT2D eigenvalue weighted by Crippen LogP contribution is 2.15. The summed E-state index contributed by atoms with van der Waals surface area (Å²) in [4.78, 5) is 16.5. The van der Waals surface area contributed by atoms with Gasteiger partial charge in [-0.3, -0.25) is 4.79 Å². The Labute approximate surface area is 128 Å². The van der Waals surface area contributed by atoms with Gasteiger partial charge < -0.3 is 15.1 Å². The van der Waals surface area contributed by atoms with Gasteiger partial charge in [-0.25, -0.2) is 0 Å². The van der Waals surface area contributed by atoms with E-state index in [4.69, 9.17) is 0 Å². The summed E-state index contributed by atoms with van der Waals surface area (Å²) in [6.45, 7) is 6.32. The third-order valence-corrected chi connectivity index (χ3v) is 4.24. The number of hydrogen-bond donors (Lipinski definition) is 1. The van der Waals surface area contributed by atoms with E-state index < -0.39 is 0 Å². The number of hydrogen-bond acceptors (Lipinski definition) is 3. The number of anilines is 1. The first-order valence-electron chi connectivity index (χ1n) is 7.84. The summed E-state index contributed by atoms with van der Waals surface area (Å²) in [5.41, 5.74) is 1.84. The van der Waals surface area contributed by atoms with Crippen molar-refractivity contribution in [3.05, 3.63) is 29.8 Å². The Morgan fingerprint density at radius 3 is 2.43 bits per heavy atom. The Morgan fingerprint density at radius 1 is 1.24 bits per heavy atom. The molecule has 0 unspecified atom stereocenters. The van der Waals surface area contributed by atoms with Crippen LogP contribution in [0, 0.1) is 5.92 Å². The van der Waals surface area contributed by atoms with Crippen LogP contribution in [-0.4, -0.2) is 51.1 Å². The molecule has 0 radical (unpaired) electrons. The molecule has 1 saturated heterocycles. The number of nitrogens with one attached hydrogen (secondary N) is 1. The third-order valence-electron chi connectivity index (χ3n) is 4.24. The lowest BCUT2D eigenvalue weighted by atomic mass is 9.99. The van der Waals surface area contributed by atoms with E-state index >= 15 is 0 Å². The van der Waals surface area contributed by atoms with Crippen molar-refractivity contribution >= 4 is 11.6 Å². The summed E-state index contributed by atoms with van der Waals surface area (Å²) in [5.74, 6) is 0.872. The Kier molecular flexibility index (Phi) is 5.62. The fourth-order valence-corrected chi connectivity index (χ4v) is 2.63. The molecule has 2 rings (SSSR count). The van der Waals surface area contributed by atoms with Gasteiger partial charge in [-0.15, -0.1) is 0 Å². The second-order valence-corrected chi connectivity index (χ2v) is 6.22. The molecule has 1 heterocycles. The lowest BCUT2D eigenvalue weighted by molar-refractivity contribution is 0.0944. The van der Waals surface area contributed by atoms with E-state index in [1.165, 1.54) is 12.8 Å². The molecule has 1 aliphatic rings. The molecule has 4 heteroatoms. The minimum atomic E-state index is 0.0192. The predicted octanol–water partition coefficient (Wildman–Crippen LogP) is 2.21. The van der Waals surface area contributed by atoms with E-state index in [1.54, 1.807) is 0 Å². The van der Waals surface area contributed by atoms with E-state index in [9.17, 15) is 4.79 Å². The minimum Gasteiger partial charge on any atom is -0.378 e. The van der Waals surface area contributed by atoms with E-state index in [2.05, 4.69) is 17.1 Å². The van der Waals surface area contributed by atoms with Crippen LogP contribution in [0.25, 0.3) is 0 Å². The van der Waals surface area contributed by atoms with Crippen molar-refractivity contribution in [2.24, 2.45) is 5.92 Å². The van der Waals surface area contributed by atoms with Gasteiger partial charge in [-0.1, -0.05) is 6.92 Å². The van der Waals surface area contributed by atoms with Gasteiger partial charge in [-0.2, -0.15) is 0 Å². The van der Waals surface area contributed by atoms with Crippen LogP contribution < -0.4 is 10.2 Å². The van der Waals surface area contributed by atoms with Crippen molar-refractivity contribution in [3.63, 3.8) is 0 Å². The summed E-state index contributed by atoms with van der Waals surface area (Å²) < 4.78 is 0. The monoisotopic (exact) mass is 289 g/mol. The molecule has 0 aliphatic carbocycles. The molecular formula is C17H27N3O. The number of amides is 1. The summed E-state index contributed by atoms with van der Waals surface area (Å²) in [7, 11) is 3.99. The van der Waals surface area contributed by atoms with Gasteiger partial charge in [0.2, 0.25) is 0 Å². The average molecular weight is 289 g/mol. The van der Waals surface area contributed by atoms with Crippen LogP contribution in [0.4, 0.5) is 5.69 Å². The lowest BCUT2D eigenvalue weighted by Crippen LogP contribution is -2.39. The Bertz CT molecular complexity index is 448. The second kappa shape index (κ2) is 7.46. The van der Waals surface area contributed by atoms with E-state index in [0.717, 1.165) is 43.3 Å². The van der Waals surface area contributed by atoms with Gasteiger partial charge in [0.05, 0.1) is 0 Å². The van der Waals surface area contributed by atoms with Gasteiger partial charge >= 0.3 is 0 Å². The number of nitrogens with zero attached hydrogens (tertiary/aromatic N) is 2. The topological polar surface area (TPSA) is 35.6 Å². The first-order valence-corrected chi connectivity index (χ1v) is 7.84. The minimum absolute atomic E-state index is 0.0192. The number of likely N-dealkylation sites (tertiary alicyclic amines) is 1. The van der Waals surface area contributed by atoms with Crippen molar-refractivity contribution in [1.82, 2.24) is 10.2 Å². The molecule has 1 aliphatic heterocycles. The molecule has 1 N–H and O–H groups in total. The van der Waals surface area contributed by atoms with E-state index in [0.29, 0.717) is 0 Å². The highest BCUT2D eigenvalue weighted by atomic mass is 16.1. The van der Waals surface area contributed by atoms with Crippen molar-refractivity contribution < 1.29 is 4.79 Å². The SMILES string of the molecule is CC1CCN(CCNC(=O)c2ccc(N(C)C)cc2)CC1. The molecule has 1 aromatic carbocycles. The fraction of sp³-hybridized carbons (Fsp3) is 0.588. The zero-order chi connectivity index (χ0) is 15.2. The van der Waals surface area contributed by atoms with E-state index in [-0.39, 0.29) is 5.91 Å². The largest absolute Gasteiger partial charge is 0.378 e. The van der Waals surface area contributed by atoms with Crippen LogP contribution in [0.5, 0.6) is 0 Å². The van der Waals surface area contributed by atoms with Crippen molar-refractivity contribution in [3.8, 4) is 0 Å². The normalized spacial score (nSPS) is 16.7. The molecule has 0 saturated carbocycles. The van der Waals surface area contributed by atoms with Crippen LogP contribution >= 0.6 is 0 Å². The van der Waals surface area contributed by atoms with Gasteiger partial charge in [0.15, 0.2) is 0 Å². The molecule has 0 spiro atoms. The maximum Gasteiger partial charge on any atom is 0.251 e.